The molecule has 0 aliphatic heterocycles. The molecule has 19 heavy (non-hydrogen) atoms. The Labute approximate surface area is 112 Å². The van der Waals surface area contributed by atoms with Crippen LogP contribution in [0.5, 0.6) is 0 Å². The van der Waals surface area contributed by atoms with E-state index < -0.39 is 0 Å². The third-order valence-corrected chi connectivity index (χ3v) is 2.92. The van der Waals surface area contributed by atoms with Crippen molar-refractivity contribution in [2.45, 2.75) is 6.92 Å². The van der Waals surface area contributed by atoms with Crippen molar-refractivity contribution in [3.63, 3.8) is 0 Å². The molecule has 3 nitrogen and oxygen atoms in total. The number of hydrogen-bond acceptors (Lipinski definition) is 3. The summed E-state index contributed by atoms with van der Waals surface area (Å²) in [6.07, 6.45) is 3.58. The molecule has 3 aromatic rings. The number of aryl methyl sites for hydroxylation is 1. The van der Waals surface area contributed by atoms with Gasteiger partial charge in [-0.25, -0.2) is 9.97 Å². The Morgan fingerprint density at radius 3 is 2.05 bits per heavy atom. The van der Waals surface area contributed by atoms with E-state index in [0.29, 0.717) is 0 Å². The zero-order valence-corrected chi connectivity index (χ0v) is 10.6. The van der Waals surface area contributed by atoms with Crippen LogP contribution in [0.2, 0.25) is 0 Å². The highest BCUT2D eigenvalue weighted by Gasteiger charge is 2.02. The monoisotopic (exact) mass is 247 g/mol. The number of nitrogens with zero attached hydrogens (tertiary/aromatic N) is 3. The Morgan fingerprint density at radius 1 is 0.684 bits per heavy atom. The summed E-state index contributed by atoms with van der Waals surface area (Å²) in [5, 5.41) is 0. The van der Waals surface area contributed by atoms with Crippen molar-refractivity contribution in [1.82, 2.24) is 15.0 Å². The van der Waals surface area contributed by atoms with Gasteiger partial charge in [0, 0.05) is 23.5 Å². The first-order chi connectivity index (χ1) is 9.33. The summed E-state index contributed by atoms with van der Waals surface area (Å²) < 4.78 is 0. The molecule has 1 aromatic carbocycles. The van der Waals surface area contributed by atoms with E-state index in [9.17, 15) is 0 Å². The lowest BCUT2D eigenvalue weighted by Gasteiger charge is -2.04. The molecule has 0 unspecified atom stereocenters. The van der Waals surface area contributed by atoms with Crippen LogP contribution < -0.4 is 0 Å². The summed E-state index contributed by atoms with van der Waals surface area (Å²) in [5.74, 6) is 0.784. The quantitative estimate of drug-likeness (QED) is 0.695. The Morgan fingerprint density at radius 2 is 1.42 bits per heavy atom. The van der Waals surface area contributed by atoms with Crippen LogP contribution in [0, 0.1) is 6.92 Å². The van der Waals surface area contributed by atoms with Gasteiger partial charge in [0.05, 0.1) is 11.4 Å². The molecule has 0 spiro atoms. The normalized spacial score (nSPS) is 10.4. The molecule has 0 atom stereocenters. The smallest absolute Gasteiger partial charge is 0.125 e. The summed E-state index contributed by atoms with van der Waals surface area (Å²) in [6.45, 7) is 1.89. The molecule has 2 heterocycles. The van der Waals surface area contributed by atoms with E-state index in [1.807, 2.05) is 31.2 Å². The Hall–Kier alpha value is -2.55. The van der Waals surface area contributed by atoms with Gasteiger partial charge >= 0.3 is 0 Å². The number of rotatable bonds is 2. The molecule has 0 saturated heterocycles. The van der Waals surface area contributed by atoms with Gasteiger partial charge in [0.15, 0.2) is 0 Å². The molecule has 0 bridgehead atoms. The van der Waals surface area contributed by atoms with E-state index in [0.717, 1.165) is 28.3 Å². The van der Waals surface area contributed by atoms with Gasteiger partial charge in [0.25, 0.3) is 0 Å². The van der Waals surface area contributed by atoms with Gasteiger partial charge in [0.2, 0.25) is 0 Å². The van der Waals surface area contributed by atoms with Crippen molar-refractivity contribution >= 4 is 0 Å². The Bertz CT molecular complexity index is 676. The molecule has 0 aliphatic carbocycles. The van der Waals surface area contributed by atoms with Crippen LogP contribution in [0.15, 0.2) is 60.9 Å². The second kappa shape index (κ2) is 4.98. The van der Waals surface area contributed by atoms with Crippen LogP contribution in [0.4, 0.5) is 0 Å². The molecular weight excluding hydrogens is 234 g/mol. The van der Waals surface area contributed by atoms with Crippen molar-refractivity contribution in [2.75, 3.05) is 0 Å². The zero-order chi connectivity index (χ0) is 13.1. The minimum atomic E-state index is 0.784. The summed E-state index contributed by atoms with van der Waals surface area (Å²) in [6, 6.07) is 16.1. The number of pyridine rings is 1. The maximum atomic E-state index is 4.42. The number of aromatic nitrogens is 3. The minimum absolute atomic E-state index is 0.784. The van der Waals surface area contributed by atoms with E-state index in [1.165, 1.54) is 0 Å². The third kappa shape index (κ3) is 2.50. The van der Waals surface area contributed by atoms with Gasteiger partial charge in [-0.1, -0.05) is 30.3 Å². The summed E-state index contributed by atoms with van der Waals surface area (Å²) in [5.41, 5.74) is 4.12. The van der Waals surface area contributed by atoms with Crippen molar-refractivity contribution in [2.24, 2.45) is 0 Å². The fourth-order valence-electron chi connectivity index (χ4n) is 1.96. The SMILES string of the molecule is Cc1nccc(-c2ccc(-c3ccccn3)cc2)n1. The molecular formula is C16H13N3. The van der Waals surface area contributed by atoms with Crippen molar-refractivity contribution in [3.8, 4) is 22.5 Å². The molecule has 92 valence electrons. The van der Waals surface area contributed by atoms with E-state index in [4.69, 9.17) is 0 Å². The summed E-state index contributed by atoms with van der Waals surface area (Å²) in [4.78, 5) is 12.9. The highest BCUT2D eigenvalue weighted by Crippen LogP contribution is 2.22. The molecule has 0 aliphatic rings. The maximum Gasteiger partial charge on any atom is 0.125 e. The molecule has 0 radical (unpaired) electrons. The largest absolute Gasteiger partial charge is 0.256 e. The lowest BCUT2D eigenvalue weighted by atomic mass is 10.1. The highest BCUT2D eigenvalue weighted by atomic mass is 14.9. The average molecular weight is 247 g/mol. The fourth-order valence-corrected chi connectivity index (χ4v) is 1.96. The van der Waals surface area contributed by atoms with Gasteiger partial charge in [0.1, 0.15) is 5.82 Å². The summed E-state index contributed by atoms with van der Waals surface area (Å²) >= 11 is 0. The molecule has 0 fully saturated rings. The molecule has 0 amide bonds. The third-order valence-electron chi connectivity index (χ3n) is 2.92. The topological polar surface area (TPSA) is 38.7 Å². The van der Waals surface area contributed by atoms with Crippen molar-refractivity contribution in [3.05, 3.63) is 66.7 Å². The van der Waals surface area contributed by atoms with E-state index in [-0.39, 0.29) is 0 Å². The van der Waals surface area contributed by atoms with Gasteiger partial charge in [-0.2, -0.15) is 0 Å². The number of benzene rings is 1. The predicted octanol–water partition coefficient (Wildman–Crippen LogP) is 3.51. The lowest BCUT2D eigenvalue weighted by molar-refractivity contribution is 1.06. The lowest BCUT2D eigenvalue weighted by Crippen LogP contribution is -1.90. The van der Waals surface area contributed by atoms with Crippen LogP contribution in [0.25, 0.3) is 22.5 Å². The van der Waals surface area contributed by atoms with Gasteiger partial charge < -0.3 is 0 Å². The van der Waals surface area contributed by atoms with Crippen LogP contribution in [0.3, 0.4) is 0 Å². The number of hydrogen-bond donors (Lipinski definition) is 0. The first kappa shape index (κ1) is 11.5. The zero-order valence-electron chi connectivity index (χ0n) is 10.6. The minimum Gasteiger partial charge on any atom is -0.256 e. The Kier molecular flexibility index (Phi) is 3.02. The molecule has 2 aromatic heterocycles. The molecule has 0 N–H and O–H groups in total. The van der Waals surface area contributed by atoms with E-state index in [1.54, 1.807) is 12.4 Å². The van der Waals surface area contributed by atoms with Gasteiger partial charge in [-0.3, -0.25) is 4.98 Å². The van der Waals surface area contributed by atoms with Crippen molar-refractivity contribution < 1.29 is 0 Å². The summed E-state index contributed by atoms with van der Waals surface area (Å²) in [7, 11) is 0. The van der Waals surface area contributed by atoms with Crippen LogP contribution in [-0.4, -0.2) is 15.0 Å². The maximum absolute atomic E-state index is 4.42. The first-order valence-electron chi connectivity index (χ1n) is 6.14. The highest BCUT2D eigenvalue weighted by molar-refractivity contribution is 5.66. The van der Waals surface area contributed by atoms with Crippen LogP contribution in [-0.2, 0) is 0 Å². The fraction of sp³-hybridized carbons (Fsp3) is 0.0625. The molecule has 0 saturated carbocycles. The van der Waals surface area contributed by atoms with Gasteiger partial charge in [-0.15, -0.1) is 0 Å². The first-order valence-corrected chi connectivity index (χ1v) is 6.14. The van der Waals surface area contributed by atoms with Crippen LogP contribution >= 0.6 is 0 Å². The Balaban J connectivity index is 1.95. The molecule has 3 heteroatoms. The molecule has 3 rings (SSSR count). The second-order valence-corrected chi connectivity index (χ2v) is 4.28. The second-order valence-electron chi connectivity index (χ2n) is 4.28. The van der Waals surface area contributed by atoms with Crippen molar-refractivity contribution in [1.29, 1.82) is 0 Å². The van der Waals surface area contributed by atoms with E-state index in [2.05, 4.69) is 39.2 Å². The van der Waals surface area contributed by atoms with Gasteiger partial charge in [-0.05, 0) is 25.1 Å². The average Bonchev–Trinajstić information content (AvgIpc) is 2.48. The van der Waals surface area contributed by atoms with Crippen LogP contribution in [0.1, 0.15) is 5.82 Å². The predicted molar refractivity (Wildman–Crippen MR) is 75.4 cm³/mol. The van der Waals surface area contributed by atoms with E-state index >= 15 is 0 Å². The standard InChI is InChI=1S/C16H13N3/c1-12-17-11-9-16(19-12)14-7-5-13(6-8-14)15-4-2-3-10-18-15/h2-11H,1H3.